The van der Waals surface area contributed by atoms with Crippen LogP contribution in [0.5, 0.6) is 0 Å². The Morgan fingerprint density at radius 2 is 2.29 bits per heavy atom. The first-order valence-electron chi connectivity index (χ1n) is 2.66. The van der Waals surface area contributed by atoms with Gasteiger partial charge in [0.15, 0.2) is 0 Å². The van der Waals surface area contributed by atoms with E-state index >= 15 is 0 Å². The van der Waals surface area contributed by atoms with Crippen LogP contribution in [0.3, 0.4) is 0 Å². The quantitative estimate of drug-likeness (QED) is 0.370. The summed E-state index contributed by atoms with van der Waals surface area (Å²) < 4.78 is 1.34. The van der Waals surface area contributed by atoms with Gasteiger partial charge < -0.3 is 0 Å². The van der Waals surface area contributed by atoms with Crippen LogP contribution in [0, 0.1) is 6.08 Å². The molecule has 0 aromatic rings. The number of hydrogen-bond acceptors (Lipinski definition) is 0. The van der Waals surface area contributed by atoms with Crippen LogP contribution in [-0.2, 0) is 0 Å². The van der Waals surface area contributed by atoms with Crippen molar-refractivity contribution in [2.24, 2.45) is 0 Å². The van der Waals surface area contributed by atoms with Crippen molar-refractivity contribution < 1.29 is 0 Å². The molecule has 1 aliphatic carbocycles. The summed E-state index contributed by atoms with van der Waals surface area (Å²) in [7, 11) is 0. The Labute approximate surface area is 52.8 Å². The number of hydrogen-bond donors (Lipinski definition) is 0. The first-order valence-corrected chi connectivity index (χ1v) is 3.52. The van der Waals surface area contributed by atoms with Gasteiger partial charge in [0, 0.05) is 0 Å². The fourth-order valence-electron chi connectivity index (χ4n) is 0.727. The van der Waals surface area contributed by atoms with Crippen LogP contribution in [0.15, 0.2) is 4.47 Å². The standard InChI is InChI=1S/C6H8Se/c7-6-4-2-1-3-5-6/h1-4H2. The summed E-state index contributed by atoms with van der Waals surface area (Å²) in [5.74, 6) is 0. The summed E-state index contributed by atoms with van der Waals surface area (Å²) in [6.07, 6.45) is 8.34. The molecule has 0 bridgehead atoms. The second kappa shape index (κ2) is 2.47. The Morgan fingerprint density at radius 3 is 2.57 bits per heavy atom. The Bertz CT molecular complexity index is 84.2. The Morgan fingerprint density at radius 1 is 1.43 bits per heavy atom. The molecule has 1 rings (SSSR count). The van der Waals surface area contributed by atoms with E-state index in [0.717, 1.165) is 0 Å². The Balaban J connectivity index is 2.40. The molecule has 1 aliphatic rings. The molecule has 0 heterocycles. The number of rotatable bonds is 0. The summed E-state index contributed by atoms with van der Waals surface area (Å²) in [5, 5.41) is 0. The maximum absolute atomic E-state index is 3.24. The Hall–Kier alpha value is 0.169. The first kappa shape index (κ1) is 5.31. The van der Waals surface area contributed by atoms with Crippen molar-refractivity contribution in [3.63, 3.8) is 0 Å². The third-order valence-electron chi connectivity index (χ3n) is 1.15. The van der Waals surface area contributed by atoms with Crippen LogP contribution in [0.2, 0.25) is 0 Å². The molecule has 0 unspecified atom stereocenters. The maximum atomic E-state index is 3.24. The van der Waals surface area contributed by atoms with E-state index in [4.69, 9.17) is 0 Å². The predicted molar refractivity (Wildman–Crippen MR) is 31.0 cm³/mol. The zero-order chi connectivity index (χ0) is 5.11. The van der Waals surface area contributed by atoms with Crippen molar-refractivity contribution in [3.05, 3.63) is 10.5 Å². The van der Waals surface area contributed by atoms with Gasteiger partial charge in [0.1, 0.15) is 0 Å². The summed E-state index contributed by atoms with van der Waals surface area (Å²) in [5.41, 5.74) is 0. The average molecular weight is 159 g/mol. The van der Waals surface area contributed by atoms with Crippen LogP contribution in [0.25, 0.3) is 0 Å². The minimum atomic E-state index is 1.17. The SMILES string of the molecule is [Se-]C1=[C+]CCCC1. The van der Waals surface area contributed by atoms with E-state index in [1.807, 2.05) is 0 Å². The van der Waals surface area contributed by atoms with E-state index < -0.39 is 0 Å². The summed E-state index contributed by atoms with van der Waals surface area (Å²) in [4.78, 5) is 0. The fourth-order valence-corrected chi connectivity index (χ4v) is 1.24. The van der Waals surface area contributed by atoms with Crippen molar-refractivity contribution in [2.45, 2.75) is 25.7 Å². The molecule has 0 amide bonds. The van der Waals surface area contributed by atoms with Gasteiger partial charge in [-0.1, -0.05) is 0 Å². The molecule has 0 fully saturated rings. The van der Waals surface area contributed by atoms with E-state index in [0.29, 0.717) is 0 Å². The van der Waals surface area contributed by atoms with E-state index in [9.17, 15) is 0 Å². The van der Waals surface area contributed by atoms with Crippen LogP contribution in [0.1, 0.15) is 25.7 Å². The summed E-state index contributed by atoms with van der Waals surface area (Å²) in [6, 6.07) is 0. The van der Waals surface area contributed by atoms with Gasteiger partial charge in [-0.15, -0.1) is 0 Å². The zero-order valence-electron chi connectivity index (χ0n) is 4.24. The minimum absolute atomic E-state index is 1.17. The number of allylic oxidation sites excluding steroid dienone is 2. The van der Waals surface area contributed by atoms with Crippen molar-refractivity contribution in [1.29, 1.82) is 0 Å². The van der Waals surface area contributed by atoms with E-state index in [2.05, 4.69) is 22.1 Å². The molecule has 0 radical (unpaired) electrons. The molecule has 0 aliphatic heterocycles. The average Bonchev–Trinajstić information content (AvgIpc) is 1.69. The van der Waals surface area contributed by atoms with Crippen molar-refractivity contribution in [1.82, 2.24) is 0 Å². The zero-order valence-corrected chi connectivity index (χ0v) is 5.95. The second-order valence-electron chi connectivity index (χ2n) is 1.81. The molecule has 7 heavy (non-hydrogen) atoms. The molecule has 0 N–H and O–H groups in total. The van der Waals surface area contributed by atoms with E-state index in [-0.39, 0.29) is 0 Å². The normalized spacial score (nSPS) is 20.3. The van der Waals surface area contributed by atoms with Crippen molar-refractivity contribution in [2.75, 3.05) is 0 Å². The van der Waals surface area contributed by atoms with Crippen molar-refractivity contribution in [3.8, 4) is 0 Å². The summed E-state index contributed by atoms with van der Waals surface area (Å²) in [6.45, 7) is 0. The van der Waals surface area contributed by atoms with Crippen LogP contribution >= 0.6 is 0 Å². The fraction of sp³-hybridized carbons (Fsp3) is 0.667. The first-order chi connectivity index (χ1) is 3.39. The van der Waals surface area contributed by atoms with Gasteiger partial charge in [0.05, 0.1) is 0 Å². The molecule has 1 heteroatoms. The molecule has 0 aromatic heterocycles. The molecular weight excluding hydrogens is 151 g/mol. The molecular formula is C6H8Se. The third-order valence-corrected chi connectivity index (χ3v) is 1.88. The van der Waals surface area contributed by atoms with Crippen LogP contribution in [-0.4, -0.2) is 16.0 Å². The molecule has 0 saturated heterocycles. The molecule has 0 saturated carbocycles. The van der Waals surface area contributed by atoms with Crippen molar-refractivity contribution >= 4 is 16.0 Å². The van der Waals surface area contributed by atoms with Gasteiger partial charge in [0.2, 0.25) is 0 Å². The third kappa shape index (κ3) is 1.61. The van der Waals surface area contributed by atoms with Gasteiger partial charge in [-0.2, -0.15) is 0 Å². The molecule has 0 nitrogen and oxygen atoms in total. The Kier molecular flexibility index (Phi) is 1.87. The van der Waals surface area contributed by atoms with Gasteiger partial charge in [-0.25, -0.2) is 0 Å². The van der Waals surface area contributed by atoms with Crippen LogP contribution in [0.4, 0.5) is 0 Å². The summed E-state index contributed by atoms with van der Waals surface area (Å²) >= 11 is 2.98. The predicted octanol–water partition coefficient (Wildman–Crippen LogP) is 1.42. The molecule has 0 atom stereocenters. The van der Waals surface area contributed by atoms with Gasteiger partial charge >= 0.3 is 52.2 Å². The molecule has 0 spiro atoms. The van der Waals surface area contributed by atoms with Gasteiger partial charge in [0.25, 0.3) is 0 Å². The van der Waals surface area contributed by atoms with Gasteiger partial charge in [-0.3, -0.25) is 0 Å². The van der Waals surface area contributed by atoms with Gasteiger partial charge in [-0.05, 0) is 0 Å². The molecule has 0 aromatic carbocycles. The van der Waals surface area contributed by atoms with E-state index in [1.165, 1.54) is 30.2 Å². The second-order valence-corrected chi connectivity index (χ2v) is 2.84. The topological polar surface area (TPSA) is 0 Å². The van der Waals surface area contributed by atoms with E-state index in [1.54, 1.807) is 0 Å². The molecule has 38 valence electrons. The van der Waals surface area contributed by atoms with Crippen LogP contribution < -0.4 is 0 Å². The monoisotopic (exact) mass is 160 g/mol.